The van der Waals surface area contributed by atoms with Crippen molar-refractivity contribution in [2.75, 3.05) is 26.2 Å². The van der Waals surface area contributed by atoms with E-state index < -0.39 is 10.0 Å². The molecule has 0 saturated carbocycles. The average Bonchev–Trinajstić information content (AvgIpc) is 2.80. The van der Waals surface area contributed by atoms with Gasteiger partial charge in [0.25, 0.3) is 5.91 Å². The Morgan fingerprint density at radius 3 is 2.00 bits per heavy atom. The van der Waals surface area contributed by atoms with Crippen LogP contribution in [0.2, 0.25) is 0 Å². The minimum atomic E-state index is -3.54. The van der Waals surface area contributed by atoms with Gasteiger partial charge in [0.1, 0.15) is 11.5 Å². The molecule has 3 aromatic carbocycles. The number of para-hydroxylation sites is 1. The fourth-order valence-electron chi connectivity index (χ4n) is 3.37. The molecule has 0 N–H and O–H groups in total. The van der Waals surface area contributed by atoms with Crippen molar-refractivity contribution in [3.05, 3.63) is 90.5 Å². The number of sulfonamides is 1. The van der Waals surface area contributed by atoms with Crippen molar-refractivity contribution in [2.24, 2.45) is 0 Å². The molecule has 0 spiro atoms. The molecule has 4 rings (SSSR count). The second-order valence-electron chi connectivity index (χ2n) is 6.95. The summed E-state index contributed by atoms with van der Waals surface area (Å²) < 4.78 is 32.8. The van der Waals surface area contributed by atoms with Crippen molar-refractivity contribution in [3.63, 3.8) is 0 Å². The predicted octanol–water partition coefficient (Wildman–Crippen LogP) is 3.63. The van der Waals surface area contributed by atoms with Gasteiger partial charge in [-0.25, -0.2) is 8.42 Å². The highest BCUT2D eigenvalue weighted by Crippen LogP contribution is 2.23. The summed E-state index contributed by atoms with van der Waals surface area (Å²) in [4.78, 5) is 14.9. The Bertz CT molecular complexity index is 1110. The number of piperazine rings is 1. The molecule has 154 valence electrons. The number of carbonyl (C=O) groups is 1. The topological polar surface area (TPSA) is 66.9 Å². The van der Waals surface area contributed by atoms with E-state index in [2.05, 4.69) is 0 Å². The monoisotopic (exact) mass is 422 g/mol. The van der Waals surface area contributed by atoms with E-state index in [1.165, 1.54) is 4.31 Å². The zero-order chi connectivity index (χ0) is 21.0. The smallest absolute Gasteiger partial charge is 0.254 e. The minimum absolute atomic E-state index is 0.134. The van der Waals surface area contributed by atoms with Gasteiger partial charge in [-0.3, -0.25) is 4.79 Å². The Morgan fingerprint density at radius 2 is 1.33 bits per heavy atom. The van der Waals surface area contributed by atoms with E-state index in [1.807, 2.05) is 30.3 Å². The van der Waals surface area contributed by atoms with E-state index >= 15 is 0 Å². The third-order valence-corrected chi connectivity index (χ3v) is 6.88. The van der Waals surface area contributed by atoms with Gasteiger partial charge in [0, 0.05) is 31.7 Å². The zero-order valence-corrected chi connectivity index (χ0v) is 17.2. The summed E-state index contributed by atoms with van der Waals surface area (Å²) >= 11 is 0. The Kier molecular flexibility index (Phi) is 5.83. The molecule has 30 heavy (non-hydrogen) atoms. The summed E-state index contributed by atoms with van der Waals surface area (Å²) in [5.74, 6) is 1.14. The lowest BCUT2D eigenvalue weighted by Gasteiger charge is -2.34. The van der Waals surface area contributed by atoms with E-state index in [9.17, 15) is 13.2 Å². The highest BCUT2D eigenvalue weighted by Gasteiger charge is 2.30. The molecule has 0 radical (unpaired) electrons. The molecule has 1 saturated heterocycles. The van der Waals surface area contributed by atoms with E-state index in [0.717, 1.165) is 0 Å². The number of benzene rings is 3. The molecule has 0 unspecified atom stereocenters. The third kappa shape index (κ3) is 4.37. The number of amides is 1. The Labute approximate surface area is 176 Å². The number of carbonyl (C=O) groups excluding carboxylic acids is 1. The van der Waals surface area contributed by atoms with Gasteiger partial charge < -0.3 is 9.64 Å². The standard InChI is InChI=1S/C23H22N2O4S/c26-23(19-8-7-11-21(18-19)29-20-9-3-1-4-10-20)24-14-16-25(17-15-24)30(27,28)22-12-5-2-6-13-22/h1-13,18H,14-17H2. The molecule has 0 bridgehead atoms. The van der Waals surface area contributed by atoms with Gasteiger partial charge in [0.15, 0.2) is 0 Å². The SMILES string of the molecule is O=C(c1cccc(Oc2ccccc2)c1)N1CCN(S(=O)(=O)c2ccccc2)CC1. The second-order valence-corrected chi connectivity index (χ2v) is 8.89. The fourth-order valence-corrected chi connectivity index (χ4v) is 4.82. The fraction of sp³-hybridized carbons (Fsp3) is 0.174. The van der Waals surface area contributed by atoms with Crippen molar-refractivity contribution >= 4 is 15.9 Å². The lowest BCUT2D eigenvalue weighted by atomic mass is 10.1. The Morgan fingerprint density at radius 1 is 0.733 bits per heavy atom. The molecular weight excluding hydrogens is 400 g/mol. The van der Waals surface area contributed by atoms with Gasteiger partial charge in [-0.15, -0.1) is 0 Å². The first-order valence-corrected chi connectivity index (χ1v) is 11.2. The summed E-state index contributed by atoms with van der Waals surface area (Å²) in [5.41, 5.74) is 0.516. The van der Waals surface area contributed by atoms with Crippen LogP contribution >= 0.6 is 0 Å². The highest BCUT2D eigenvalue weighted by atomic mass is 32.2. The molecule has 3 aromatic rings. The maximum absolute atomic E-state index is 12.9. The number of rotatable bonds is 5. The molecule has 1 aliphatic heterocycles. The van der Waals surface area contributed by atoms with Crippen LogP contribution in [0.3, 0.4) is 0 Å². The maximum Gasteiger partial charge on any atom is 0.254 e. The number of nitrogens with zero attached hydrogens (tertiary/aromatic N) is 2. The number of ether oxygens (including phenoxy) is 1. The van der Waals surface area contributed by atoms with E-state index in [1.54, 1.807) is 59.5 Å². The van der Waals surface area contributed by atoms with Crippen LogP contribution in [0.15, 0.2) is 89.8 Å². The van der Waals surface area contributed by atoms with Gasteiger partial charge >= 0.3 is 0 Å². The van der Waals surface area contributed by atoms with E-state index in [4.69, 9.17) is 4.74 Å². The second kappa shape index (κ2) is 8.69. The predicted molar refractivity (Wildman–Crippen MR) is 114 cm³/mol. The van der Waals surface area contributed by atoms with Crippen LogP contribution in [0.1, 0.15) is 10.4 Å². The van der Waals surface area contributed by atoms with Gasteiger partial charge in [0.2, 0.25) is 10.0 Å². The first-order valence-electron chi connectivity index (χ1n) is 9.71. The van der Waals surface area contributed by atoms with Gasteiger partial charge in [-0.05, 0) is 42.5 Å². The van der Waals surface area contributed by atoms with Crippen LogP contribution in [0.4, 0.5) is 0 Å². The molecule has 6 nitrogen and oxygen atoms in total. The van der Waals surface area contributed by atoms with E-state index in [-0.39, 0.29) is 23.9 Å². The van der Waals surface area contributed by atoms with Crippen molar-refractivity contribution in [1.29, 1.82) is 0 Å². The zero-order valence-electron chi connectivity index (χ0n) is 16.3. The molecule has 1 aliphatic rings. The van der Waals surface area contributed by atoms with Crippen molar-refractivity contribution in [1.82, 2.24) is 9.21 Å². The molecule has 0 aliphatic carbocycles. The molecule has 1 amide bonds. The van der Waals surface area contributed by atoms with Crippen LogP contribution in [-0.4, -0.2) is 49.7 Å². The lowest BCUT2D eigenvalue weighted by molar-refractivity contribution is 0.0697. The lowest BCUT2D eigenvalue weighted by Crippen LogP contribution is -2.50. The molecular formula is C23H22N2O4S. The first-order chi connectivity index (χ1) is 14.5. The van der Waals surface area contributed by atoms with Crippen LogP contribution in [-0.2, 0) is 10.0 Å². The highest BCUT2D eigenvalue weighted by molar-refractivity contribution is 7.89. The van der Waals surface area contributed by atoms with Gasteiger partial charge in [0.05, 0.1) is 4.90 Å². The van der Waals surface area contributed by atoms with Crippen LogP contribution in [0.25, 0.3) is 0 Å². The molecule has 7 heteroatoms. The molecule has 0 atom stereocenters. The normalized spacial score (nSPS) is 15.0. The van der Waals surface area contributed by atoms with Gasteiger partial charge in [-0.2, -0.15) is 4.31 Å². The van der Waals surface area contributed by atoms with Crippen LogP contribution in [0.5, 0.6) is 11.5 Å². The Hall–Kier alpha value is -3.16. The average molecular weight is 423 g/mol. The quantitative estimate of drug-likeness (QED) is 0.630. The number of hydrogen-bond acceptors (Lipinski definition) is 4. The largest absolute Gasteiger partial charge is 0.457 e. The Balaban J connectivity index is 1.42. The molecule has 1 heterocycles. The summed E-state index contributed by atoms with van der Waals surface area (Å²) in [6.07, 6.45) is 0. The van der Waals surface area contributed by atoms with Crippen molar-refractivity contribution < 1.29 is 17.9 Å². The van der Waals surface area contributed by atoms with Crippen molar-refractivity contribution in [2.45, 2.75) is 4.90 Å². The van der Waals surface area contributed by atoms with Gasteiger partial charge in [-0.1, -0.05) is 42.5 Å². The first kappa shape index (κ1) is 20.1. The minimum Gasteiger partial charge on any atom is -0.457 e. The third-order valence-electron chi connectivity index (χ3n) is 4.97. The van der Waals surface area contributed by atoms with Crippen LogP contribution < -0.4 is 4.74 Å². The molecule has 0 aromatic heterocycles. The number of hydrogen-bond donors (Lipinski definition) is 0. The maximum atomic E-state index is 12.9. The molecule has 1 fully saturated rings. The summed E-state index contributed by atoms with van der Waals surface area (Å²) in [6.45, 7) is 1.22. The van der Waals surface area contributed by atoms with E-state index in [0.29, 0.717) is 30.2 Å². The summed E-state index contributed by atoms with van der Waals surface area (Å²) in [6, 6.07) is 24.8. The van der Waals surface area contributed by atoms with Crippen LogP contribution in [0, 0.1) is 0 Å². The summed E-state index contributed by atoms with van der Waals surface area (Å²) in [7, 11) is -3.54. The van der Waals surface area contributed by atoms with Crippen molar-refractivity contribution in [3.8, 4) is 11.5 Å². The summed E-state index contributed by atoms with van der Waals surface area (Å²) in [5, 5.41) is 0.